The normalized spacial score (nSPS) is 13.5. The third-order valence-corrected chi connectivity index (χ3v) is 7.99. The van der Waals surface area contributed by atoms with E-state index in [0.717, 1.165) is 21.9 Å². The molecular weight excluding hydrogens is 648 g/mol. The zero-order valence-electron chi connectivity index (χ0n) is 27.8. The molecule has 8 N–H and O–H groups in total. The van der Waals surface area contributed by atoms with Gasteiger partial charge in [-0.05, 0) is 23.6 Å². The van der Waals surface area contributed by atoms with Crippen LogP contribution >= 0.6 is 0 Å². The number of aliphatic carboxylic acids is 2. The Hall–Kier alpha value is -5.99. The van der Waals surface area contributed by atoms with E-state index in [9.17, 15) is 38.7 Å². The van der Waals surface area contributed by atoms with Crippen molar-refractivity contribution in [3.05, 3.63) is 84.1 Å². The molecule has 0 saturated carbocycles. The number of nitrogens with one attached hydrogen (secondary N) is 4. The van der Waals surface area contributed by atoms with Crippen molar-refractivity contribution < 1.29 is 43.8 Å². The number of hydrogen-bond donors (Lipinski definition) is 7. The Kier molecular flexibility index (Phi) is 14.2. The first-order valence-electron chi connectivity index (χ1n) is 16.0. The lowest BCUT2D eigenvalue weighted by molar-refractivity contribution is -0.144. The molecule has 4 atom stereocenters. The molecule has 5 amide bonds. The number of carboxylic acid groups (broad SMARTS) is 2. The van der Waals surface area contributed by atoms with Gasteiger partial charge in [0.1, 0.15) is 24.2 Å². The number of hydrogen-bond acceptors (Lipinski definition) is 7. The average molecular weight is 691 g/mol. The number of fused-ring (bicyclic) bond motifs is 1. The smallest absolute Gasteiger partial charge is 0.328 e. The van der Waals surface area contributed by atoms with Gasteiger partial charge in [-0.2, -0.15) is 0 Å². The third kappa shape index (κ3) is 11.3. The number of rotatable bonds is 19. The van der Waals surface area contributed by atoms with Gasteiger partial charge in [0.2, 0.25) is 29.5 Å². The number of para-hydroxylation sites is 1. The summed E-state index contributed by atoms with van der Waals surface area (Å²) in [6, 6.07) is 10.7. The largest absolute Gasteiger partial charge is 0.481 e. The molecule has 0 bridgehead atoms. The van der Waals surface area contributed by atoms with E-state index in [2.05, 4.69) is 20.9 Å². The van der Waals surface area contributed by atoms with Gasteiger partial charge in [0, 0.05) is 49.1 Å². The van der Waals surface area contributed by atoms with Crippen molar-refractivity contribution in [1.82, 2.24) is 25.8 Å². The van der Waals surface area contributed by atoms with E-state index in [4.69, 9.17) is 10.8 Å². The number of amides is 5. The molecule has 0 aliphatic carbocycles. The number of nitrogens with two attached hydrogens (primary N) is 1. The second kappa shape index (κ2) is 18.5. The molecule has 2 aromatic carbocycles. The monoisotopic (exact) mass is 690 g/mol. The van der Waals surface area contributed by atoms with E-state index < -0.39 is 72.1 Å². The molecule has 3 aromatic rings. The Morgan fingerprint density at radius 1 is 0.840 bits per heavy atom. The molecule has 15 heteroatoms. The molecule has 3 rings (SSSR count). The van der Waals surface area contributed by atoms with Crippen molar-refractivity contribution in [2.24, 2.45) is 5.73 Å². The maximum absolute atomic E-state index is 14.0. The Bertz CT molecular complexity index is 1720. The van der Waals surface area contributed by atoms with Crippen molar-refractivity contribution >= 4 is 52.4 Å². The number of benzene rings is 2. The van der Waals surface area contributed by atoms with Gasteiger partial charge in [-0.1, -0.05) is 68.3 Å². The summed E-state index contributed by atoms with van der Waals surface area (Å²) in [6.45, 7) is 1.86. The Morgan fingerprint density at radius 2 is 1.50 bits per heavy atom. The predicted molar refractivity (Wildman–Crippen MR) is 182 cm³/mol. The first-order valence-corrected chi connectivity index (χ1v) is 16.0. The molecule has 15 nitrogen and oxygen atoms in total. The molecule has 0 unspecified atom stereocenters. The van der Waals surface area contributed by atoms with Crippen molar-refractivity contribution in [3.63, 3.8) is 0 Å². The van der Waals surface area contributed by atoms with Crippen LogP contribution < -0.4 is 21.7 Å². The quantitative estimate of drug-likeness (QED) is 0.0888. The molecule has 1 heterocycles. The van der Waals surface area contributed by atoms with Crippen LogP contribution in [0.5, 0.6) is 0 Å². The van der Waals surface area contributed by atoms with Crippen LogP contribution in [0.3, 0.4) is 0 Å². The molecule has 266 valence electrons. The minimum atomic E-state index is -1.63. The van der Waals surface area contributed by atoms with Gasteiger partial charge < -0.3 is 41.8 Å². The SMILES string of the molecule is CCCC[C@@H](C(=O)N[C@@H](CC(=O)O)C(=O)N[C@@H](Cc1ccccc1)C(N)=O)N(C)C(=O)[C@H](Cc1c[nH]c2ccccc12)NC(=O)/C=C\C(=O)O. The topological polar surface area (TPSA) is 241 Å². The highest BCUT2D eigenvalue weighted by Crippen LogP contribution is 2.20. The first kappa shape index (κ1) is 38.5. The highest BCUT2D eigenvalue weighted by Gasteiger charge is 2.35. The zero-order valence-corrected chi connectivity index (χ0v) is 27.8. The van der Waals surface area contributed by atoms with Crippen molar-refractivity contribution in [2.45, 2.75) is 69.6 Å². The van der Waals surface area contributed by atoms with Crippen LogP contribution in [0.4, 0.5) is 0 Å². The van der Waals surface area contributed by atoms with Crippen LogP contribution in [-0.2, 0) is 46.4 Å². The van der Waals surface area contributed by atoms with Crippen LogP contribution in [-0.4, -0.2) is 92.8 Å². The maximum atomic E-state index is 14.0. The van der Waals surface area contributed by atoms with Crippen molar-refractivity contribution in [2.75, 3.05) is 7.05 Å². The lowest BCUT2D eigenvalue weighted by atomic mass is 10.0. The summed E-state index contributed by atoms with van der Waals surface area (Å²) >= 11 is 0. The van der Waals surface area contributed by atoms with E-state index in [-0.39, 0.29) is 19.3 Å². The average Bonchev–Trinajstić information content (AvgIpc) is 3.48. The Balaban J connectivity index is 1.87. The number of carbonyl (C=O) groups excluding carboxylic acids is 5. The highest BCUT2D eigenvalue weighted by atomic mass is 16.4. The van der Waals surface area contributed by atoms with Crippen molar-refractivity contribution in [1.29, 1.82) is 0 Å². The van der Waals surface area contributed by atoms with Crippen molar-refractivity contribution in [3.8, 4) is 0 Å². The fraction of sp³-hybridized carbons (Fsp3) is 0.343. The second-order valence-electron chi connectivity index (χ2n) is 11.7. The summed E-state index contributed by atoms with van der Waals surface area (Å²) < 4.78 is 0. The molecule has 0 aliphatic rings. The van der Waals surface area contributed by atoms with Crippen LogP contribution in [0.25, 0.3) is 10.9 Å². The number of carbonyl (C=O) groups is 7. The number of aromatic amines is 1. The zero-order chi connectivity index (χ0) is 36.8. The number of carboxylic acids is 2. The molecule has 0 spiro atoms. The van der Waals surface area contributed by atoms with Gasteiger partial charge in [0.05, 0.1) is 6.42 Å². The standard InChI is InChI=1S/C35H42N6O9/c1-3-4-14-28(34(49)40-26(19-31(45)46)33(48)39-25(32(36)47)17-21-10-6-5-7-11-21)41(2)35(50)27(38-29(42)15-16-30(43)44)18-22-20-37-24-13-9-8-12-23(22)24/h5-13,15-16,20,25-28,37H,3-4,14,17-19H2,1-2H3,(H2,36,47)(H,38,42)(H,39,48)(H,40,49)(H,43,44)(H,45,46)/b16-15-/t25-,26-,27-,28-/m0/s1. The second-order valence-corrected chi connectivity index (χ2v) is 11.7. The maximum Gasteiger partial charge on any atom is 0.328 e. The number of H-pyrrole nitrogens is 1. The van der Waals surface area contributed by atoms with E-state index in [1.807, 2.05) is 25.1 Å². The molecule has 0 radical (unpaired) electrons. The summed E-state index contributed by atoms with van der Waals surface area (Å²) in [5.74, 6) is -6.98. The third-order valence-electron chi connectivity index (χ3n) is 7.99. The summed E-state index contributed by atoms with van der Waals surface area (Å²) in [5, 5.41) is 26.7. The number of aromatic nitrogens is 1. The summed E-state index contributed by atoms with van der Waals surface area (Å²) in [7, 11) is 1.35. The molecular formula is C35H42N6O9. The summed E-state index contributed by atoms with van der Waals surface area (Å²) in [5.41, 5.74) is 7.65. The molecule has 1 aromatic heterocycles. The van der Waals surface area contributed by atoms with Crippen LogP contribution in [0.15, 0.2) is 72.9 Å². The minimum absolute atomic E-state index is 0.0250. The van der Waals surface area contributed by atoms with Gasteiger partial charge in [-0.15, -0.1) is 0 Å². The molecule has 0 saturated heterocycles. The van der Waals surface area contributed by atoms with Gasteiger partial charge >= 0.3 is 11.9 Å². The van der Waals surface area contributed by atoms with Gasteiger partial charge in [0.25, 0.3) is 0 Å². The van der Waals surface area contributed by atoms with Crippen LogP contribution in [0.2, 0.25) is 0 Å². The lowest BCUT2D eigenvalue weighted by Gasteiger charge is -2.32. The van der Waals surface area contributed by atoms with Crippen LogP contribution in [0.1, 0.15) is 43.7 Å². The molecule has 0 aliphatic heterocycles. The molecule has 50 heavy (non-hydrogen) atoms. The fourth-order valence-electron chi connectivity index (χ4n) is 5.38. The van der Waals surface area contributed by atoms with E-state index in [1.54, 1.807) is 42.6 Å². The van der Waals surface area contributed by atoms with Gasteiger partial charge in [-0.3, -0.25) is 28.8 Å². The van der Waals surface area contributed by atoms with E-state index in [1.165, 1.54) is 7.05 Å². The number of likely N-dealkylation sites (N-methyl/N-ethyl adjacent to an activating group) is 1. The van der Waals surface area contributed by atoms with E-state index >= 15 is 0 Å². The number of unbranched alkanes of at least 4 members (excludes halogenated alkanes) is 1. The Labute approximate surface area is 288 Å². The fourth-order valence-corrected chi connectivity index (χ4v) is 5.38. The van der Waals surface area contributed by atoms with Gasteiger partial charge in [0.15, 0.2) is 0 Å². The van der Waals surface area contributed by atoms with Gasteiger partial charge in [-0.25, -0.2) is 4.79 Å². The lowest BCUT2D eigenvalue weighted by Crippen LogP contribution is -2.59. The minimum Gasteiger partial charge on any atom is -0.481 e. The summed E-state index contributed by atoms with van der Waals surface area (Å²) in [4.78, 5) is 92.9. The van der Waals surface area contributed by atoms with E-state index in [0.29, 0.717) is 30.0 Å². The molecule has 0 fully saturated rings. The number of primary amides is 1. The number of nitrogens with zero attached hydrogens (tertiary/aromatic N) is 1. The Morgan fingerprint density at radius 3 is 2.14 bits per heavy atom. The highest BCUT2D eigenvalue weighted by molar-refractivity contribution is 5.99. The first-order chi connectivity index (χ1) is 23.8. The predicted octanol–water partition coefficient (Wildman–Crippen LogP) is 1.03. The summed E-state index contributed by atoms with van der Waals surface area (Å²) in [6.07, 6.45) is 3.45. The van der Waals surface area contributed by atoms with Crippen LogP contribution in [0, 0.1) is 0 Å².